The lowest BCUT2D eigenvalue weighted by molar-refractivity contribution is 0.360. The second kappa shape index (κ2) is 11.9. The zero-order valence-electron chi connectivity index (χ0n) is 20.5. The molecule has 0 aliphatic carbocycles. The molecule has 0 bridgehead atoms. The first-order valence-corrected chi connectivity index (χ1v) is 11.5. The van der Waals surface area contributed by atoms with Gasteiger partial charge in [-0.15, -0.1) is 0 Å². The van der Waals surface area contributed by atoms with E-state index in [-0.39, 0.29) is 5.92 Å². The van der Waals surface area contributed by atoms with Crippen molar-refractivity contribution in [3.8, 4) is 17.2 Å². The molecule has 0 saturated heterocycles. The van der Waals surface area contributed by atoms with Gasteiger partial charge in [-0.2, -0.15) is 0 Å². The fourth-order valence-electron chi connectivity index (χ4n) is 4.07. The fraction of sp³-hybridized carbons (Fsp3) is 0.226. The van der Waals surface area contributed by atoms with E-state index in [0.717, 1.165) is 33.9 Å². The van der Waals surface area contributed by atoms with Gasteiger partial charge in [0.1, 0.15) is 37.1 Å². The zero-order valence-corrected chi connectivity index (χ0v) is 20.5. The molecular weight excluding hydrogens is 420 g/mol. The van der Waals surface area contributed by atoms with Crippen LogP contribution in [0.1, 0.15) is 39.3 Å². The molecule has 0 aliphatic rings. The van der Waals surface area contributed by atoms with Crippen LogP contribution in [0.2, 0.25) is 0 Å². The van der Waals surface area contributed by atoms with Crippen molar-refractivity contribution in [1.82, 2.24) is 0 Å². The maximum Gasteiger partial charge on any atom is 0.122 e. The fourth-order valence-corrected chi connectivity index (χ4v) is 4.07. The van der Waals surface area contributed by atoms with Gasteiger partial charge < -0.3 is 14.2 Å². The molecule has 0 amide bonds. The molecule has 0 fully saturated rings. The summed E-state index contributed by atoms with van der Waals surface area (Å²) in [6, 6.07) is 19.2. The summed E-state index contributed by atoms with van der Waals surface area (Å²) in [5, 5.41) is 0. The minimum Gasteiger partial charge on any atom is -0.489 e. The highest BCUT2D eigenvalue weighted by atomic mass is 16.5. The normalized spacial score (nSPS) is 10.6. The summed E-state index contributed by atoms with van der Waals surface area (Å²) in [5.41, 5.74) is 6.87. The van der Waals surface area contributed by atoms with Crippen molar-refractivity contribution >= 4 is 0 Å². The molecule has 0 aromatic heterocycles. The van der Waals surface area contributed by atoms with Crippen LogP contribution >= 0.6 is 0 Å². The largest absolute Gasteiger partial charge is 0.489 e. The minimum absolute atomic E-state index is 0.0477. The number of ether oxygens (including phenoxy) is 3. The molecule has 0 radical (unpaired) electrons. The van der Waals surface area contributed by atoms with Crippen LogP contribution in [0.5, 0.6) is 17.2 Å². The Morgan fingerprint density at radius 1 is 0.559 bits per heavy atom. The lowest BCUT2D eigenvalue weighted by Gasteiger charge is -2.22. The first-order valence-electron chi connectivity index (χ1n) is 11.5. The summed E-state index contributed by atoms with van der Waals surface area (Å²) in [7, 11) is 0. The van der Waals surface area contributed by atoms with Crippen molar-refractivity contribution in [3.05, 3.63) is 126 Å². The zero-order chi connectivity index (χ0) is 24.5. The van der Waals surface area contributed by atoms with Gasteiger partial charge in [0.25, 0.3) is 0 Å². The van der Waals surface area contributed by atoms with Crippen LogP contribution in [0.4, 0.5) is 0 Å². The lowest BCUT2D eigenvalue weighted by Crippen LogP contribution is -2.07. The van der Waals surface area contributed by atoms with E-state index in [4.69, 9.17) is 14.2 Å². The Morgan fingerprint density at radius 2 is 0.853 bits per heavy atom. The highest BCUT2D eigenvalue weighted by Gasteiger charge is 2.20. The molecule has 3 rings (SSSR count). The van der Waals surface area contributed by atoms with Crippen LogP contribution in [0.3, 0.4) is 0 Å². The molecule has 0 spiro atoms. The van der Waals surface area contributed by atoms with Crippen LogP contribution < -0.4 is 14.2 Å². The van der Waals surface area contributed by atoms with E-state index in [0.29, 0.717) is 19.8 Å². The predicted octanol–water partition coefficient (Wildman–Crippen LogP) is 7.49. The summed E-state index contributed by atoms with van der Waals surface area (Å²) in [4.78, 5) is 0. The molecule has 3 aromatic rings. The highest BCUT2D eigenvalue weighted by molar-refractivity contribution is 5.51. The topological polar surface area (TPSA) is 27.7 Å². The van der Waals surface area contributed by atoms with Crippen molar-refractivity contribution in [3.63, 3.8) is 0 Å². The molecule has 0 atom stereocenters. The van der Waals surface area contributed by atoms with Gasteiger partial charge in [-0.3, -0.25) is 0 Å². The monoisotopic (exact) mass is 454 g/mol. The SMILES string of the molecule is C=CCOc1ccc(C(c2ccc(OCC=C)c(C)c2)c2ccc(OCC=C)c(C)c2)cc1C. The first kappa shape index (κ1) is 24.9. The van der Waals surface area contributed by atoms with Crippen molar-refractivity contribution in [2.75, 3.05) is 19.8 Å². The summed E-state index contributed by atoms with van der Waals surface area (Å²) in [5.74, 6) is 2.66. The van der Waals surface area contributed by atoms with E-state index in [1.165, 1.54) is 16.7 Å². The Hall–Kier alpha value is -3.72. The average Bonchev–Trinajstić information content (AvgIpc) is 2.83. The molecule has 34 heavy (non-hydrogen) atoms. The smallest absolute Gasteiger partial charge is 0.122 e. The van der Waals surface area contributed by atoms with Crippen LogP contribution in [0.15, 0.2) is 92.6 Å². The summed E-state index contributed by atoms with van der Waals surface area (Å²) in [6.45, 7) is 18.9. The summed E-state index contributed by atoms with van der Waals surface area (Å²) in [6.07, 6.45) is 5.27. The van der Waals surface area contributed by atoms with E-state index < -0.39 is 0 Å². The Bertz CT molecular complexity index is 1010. The third kappa shape index (κ3) is 5.99. The number of hydrogen-bond acceptors (Lipinski definition) is 3. The van der Waals surface area contributed by atoms with Gasteiger partial charge in [0.2, 0.25) is 0 Å². The average molecular weight is 455 g/mol. The molecule has 3 aromatic carbocycles. The molecule has 0 N–H and O–H groups in total. The van der Waals surface area contributed by atoms with Gasteiger partial charge in [0, 0.05) is 5.92 Å². The molecule has 176 valence electrons. The Kier molecular flexibility index (Phi) is 8.75. The van der Waals surface area contributed by atoms with Gasteiger partial charge >= 0.3 is 0 Å². The van der Waals surface area contributed by atoms with E-state index in [1.54, 1.807) is 18.2 Å². The Morgan fingerprint density at radius 3 is 1.09 bits per heavy atom. The number of benzene rings is 3. The third-order valence-electron chi connectivity index (χ3n) is 5.67. The van der Waals surface area contributed by atoms with E-state index >= 15 is 0 Å². The molecule has 0 aliphatic heterocycles. The molecular formula is C31H34O3. The van der Waals surface area contributed by atoms with E-state index in [1.807, 2.05) is 18.2 Å². The number of hydrogen-bond donors (Lipinski definition) is 0. The van der Waals surface area contributed by atoms with Crippen LogP contribution in [-0.2, 0) is 0 Å². The third-order valence-corrected chi connectivity index (χ3v) is 5.67. The highest BCUT2D eigenvalue weighted by Crippen LogP contribution is 2.37. The van der Waals surface area contributed by atoms with Gasteiger partial charge in [-0.1, -0.05) is 74.4 Å². The second-order valence-corrected chi connectivity index (χ2v) is 8.31. The molecule has 0 unspecified atom stereocenters. The quantitative estimate of drug-likeness (QED) is 0.210. The van der Waals surface area contributed by atoms with Gasteiger partial charge in [0.05, 0.1) is 0 Å². The van der Waals surface area contributed by atoms with Crippen molar-refractivity contribution in [2.24, 2.45) is 0 Å². The molecule has 3 heteroatoms. The van der Waals surface area contributed by atoms with E-state index in [9.17, 15) is 0 Å². The molecule has 3 nitrogen and oxygen atoms in total. The van der Waals surface area contributed by atoms with Crippen LogP contribution in [0, 0.1) is 20.8 Å². The maximum absolute atomic E-state index is 5.81. The Labute approximate surface area is 204 Å². The van der Waals surface area contributed by atoms with Crippen LogP contribution in [0.25, 0.3) is 0 Å². The summed E-state index contributed by atoms with van der Waals surface area (Å²) < 4.78 is 17.4. The maximum atomic E-state index is 5.81. The standard InChI is InChI=1S/C31H34O3/c1-7-16-32-28-13-10-25(19-22(28)4)31(26-11-14-29(23(5)20-26)33-17-8-2)27-12-15-30(24(6)21-27)34-18-9-3/h7-15,19-21,31H,1-3,16-18H2,4-6H3. The number of aryl methyl sites for hydroxylation is 3. The lowest BCUT2D eigenvalue weighted by atomic mass is 9.83. The van der Waals surface area contributed by atoms with Crippen molar-refractivity contribution in [1.29, 1.82) is 0 Å². The molecule has 0 heterocycles. The van der Waals surface area contributed by atoms with Gasteiger partial charge in [-0.25, -0.2) is 0 Å². The van der Waals surface area contributed by atoms with Crippen LogP contribution in [-0.4, -0.2) is 19.8 Å². The number of rotatable bonds is 12. The van der Waals surface area contributed by atoms with Crippen molar-refractivity contribution in [2.45, 2.75) is 26.7 Å². The minimum atomic E-state index is 0.0477. The predicted molar refractivity (Wildman–Crippen MR) is 142 cm³/mol. The van der Waals surface area contributed by atoms with Gasteiger partial charge in [-0.05, 0) is 72.4 Å². The van der Waals surface area contributed by atoms with Gasteiger partial charge in [0.15, 0.2) is 0 Å². The Balaban J connectivity index is 2.07. The summed E-state index contributed by atoms with van der Waals surface area (Å²) >= 11 is 0. The first-order chi connectivity index (χ1) is 16.5. The second-order valence-electron chi connectivity index (χ2n) is 8.31. The van der Waals surface area contributed by atoms with E-state index in [2.05, 4.69) is 76.9 Å². The molecule has 0 saturated carbocycles. The van der Waals surface area contributed by atoms with Crippen molar-refractivity contribution < 1.29 is 14.2 Å².